The van der Waals surface area contributed by atoms with E-state index in [4.69, 9.17) is 5.11 Å². The summed E-state index contributed by atoms with van der Waals surface area (Å²) >= 11 is 0. The summed E-state index contributed by atoms with van der Waals surface area (Å²) in [4.78, 5) is 29.6. The summed E-state index contributed by atoms with van der Waals surface area (Å²) < 4.78 is 13.5. The molecule has 1 unspecified atom stereocenters. The van der Waals surface area contributed by atoms with E-state index in [1.165, 1.54) is 24.3 Å². The fourth-order valence-corrected chi connectivity index (χ4v) is 3.12. The van der Waals surface area contributed by atoms with Crippen molar-refractivity contribution in [1.29, 1.82) is 0 Å². The fourth-order valence-electron chi connectivity index (χ4n) is 3.12. The van der Waals surface area contributed by atoms with E-state index in [-0.39, 0.29) is 29.0 Å². The van der Waals surface area contributed by atoms with Crippen LogP contribution in [0.1, 0.15) is 51.0 Å². The second kappa shape index (κ2) is 6.39. The molecule has 5 nitrogen and oxygen atoms in total. The van der Waals surface area contributed by atoms with Crippen LogP contribution < -0.4 is 0 Å². The van der Waals surface area contributed by atoms with Crippen LogP contribution in [-0.2, 0) is 0 Å². The van der Waals surface area contributed by atoms with E-state index in [2.05, 4.69) is 4.98 Å². The van der Waals surface area contributed by atoms with Gasteiger partial charge in [-0.2, -0.15) is 0 Å². The van der Waals surface area contributed by atoms with E-state index in [0.29, 0.717) is 12.2 Å². The number of carboxylic acid groups (broad SMARTS) is 1. The van der Waals surface area contributed by atoms with Crippen LogP contribution in [0.4, 0.5) is 4.39 Å². The monoisotopic (exact) mass is 328 g/mol. The lowest BCUT2D eigenvalue weighted by atomic mass is 10.0. The summed E-state index contributed by atoms with van der Waals surface area (Å²) in [6.45, 7) is 2.13. The average Bonchev–Trinajstić information content (AvgIpc) is 3.03. The van der Waals surface area contributed by atoms with Gasteiger partial charge in [-0.05, 0) is 49.6 Å². The Morgan fingerprint density at radius 2 is 2.08 bits per heavy atom. The summed E-state index contributed by atoms with van der Waals surface area (Å²) in [6.07, 6.45) is 1.60. The number of benzene rings is 1. The number of carbonyl (C=O) groups is 2. The van der Waals surface area contributed by atoms with Crippen molar-refractivity contribution < 1.29 is 19.1 Å². The minimum absolute atomic E-state index is 0.0784. The van der Waals surface area contributed by atoms with Gasteiger partial charge < -0.3 is 10.0 Å². The second-order valence-electron chi connectivity index (χ2n) is 5.85. The summed E-state index contributed by atoms with van der Waals surface area (Å²) in [5, 5.41) is 9.05. The van der Waals surface area contributed by atoms with Crippen molar-refractivity contribution in [3.63, 3.8) is 0 Å². The van der Waals surface area contributed by atoms with Crippen LogP contribution in [0.3, 0.4) is 0 Å². The number of halogens is 1. The summed E-state index contributed by atoms with van der Waals surface area (Å²) in [6, 6.07) is 8.91. The zero-order valence-electron chi connectivity index (χ0n) is 13.2. The third kappa shape index (κ3) is 2.99. The third-order valence-electron chi connectivity index (χ3n) is 4.28. The minimum Gasteiger partial charge on any atom is -0.478 e. The van der Waals surface area contributed by atoms with Crippen LogP contribution >= 0.6 is 0 Å². The number of hydrogen-bond donors (Lipinski definition) is 1. The molecule has 0 bridgehead atoms. The van der Waals surface area contributed by atoms with Crippen molar-refractivity contribution in [3.8, 4) is 0 Å². The Morgan fingerprint density at radius 1 is 1.29 bits per heavy atom. The maximum atomic E-state index is 13.5. The molecule has 3 rings (SSSR count). The van der Waals surface area contributed by atoms with Gasteiger partial charge in [-0.3, -0.25) is 4.79 Å². The lowest BCUT2D eigenvalue weighted by molar-refractivity contribution is 0.0689. The molecule has 1 aliphatic rings. The van der Waals surface area contributed by atoms with Gasteiger partial charge in [0.05, 0.1) is 17.3 Å². The highest BCUT2D eigenvalue weighted by molar-refractivity contribution is 5.94. The first-order valence-electron chi connectivity index (χ1n) is 7.75. The predicted molar refractivity (Wildman–Crippen MR) is 85.3 cm³/mol. The molecule has 1 fully saturated rings. The molecule has 124 valence electrons. The molecule has 0 radical (unpaired) electrons. The van der Waals surface area contributed by atoms with E-state index in [9.17, 15) is 14.0 Å². The summed E-state index contributed by atoms with van der Waals surface area (Å²) in [5.74, 6) is -1.66. The molecule has 0 spiro atoms. The van der Waals surface area contributed by atoms with Crippen molar-refractivity contribution in [2.24, 2.45) is 0 Å². The number of aromatic nitrogens is 1. The molecule has 1 aromatic heterocycles. The quantitative estimate of drug-likeness (QED) is 0.939. The number of aryl methyl sites for hydroxylation is 1. The van der Waals surface area contributed by atoms with Crippen molar-refractivity contribution in [1.82, 2.24) is 9.88 Å². The number of nitrogens with zero attached hydrogens (tertiary/aromatic N) is 2. The molecule has 6 heteroatoms. The number of carboxylic acids is 1. The zero-order chi connectivity index (χ0) is 17.3. The van der Waals surface area contributed by atoms with Crippen LogP contribution in [0.2, 0.25) is 0 Å². The van der Waals surface area contributed by atoms with E-state index in [1.54, 1.807) is 17.9 Å². The number of likely N-dealkylation sites (tertiary alicyclic amines) is 1. The Morgan fingerprint density at radius 3 is 2.75 bits per heavy atom. The van der Waals surface area contributed by atoms with Crippen molar-refractivity contribution in [2.75, 3.05) is 6.54 Å². The lowest BCUT2D eigenvalue weighted by Gasteiger charge is -2.25. The number of amides is 1. The molecule has 2 aromatic rings. The Labute approximate surface area is 138 Å². The van der Waals surface area contributed by atoms with Crippen LogP contribution in [0.15, 0.2) is 36.4 Å². The Kier molecular flexibility index (Phi) is 4.29. The standard InChI is InChI=1S/C18H17FN2O3/c1-11-14(18(23)24)7-8-15(20-11)17(22)21-9-3-6-16(21)12-4-2-5-13(19)10-12/h2,4-5,7-8,10,16H,3,6,9H2,1H3,(H,23,24). The minimum atomic E-state index is -1.07. The topological polar surface area (TPSA) is 70.5 Å². The highest BCUT2D eigenvalue weighted by Gasteiger charge is 2.31. The van der Waals surface area contributed by atoms with Crippen molar-refractivity contribution >= 4 is 11.9 Å². The van der Waals surface area contributed by atoms with Gasteiger partial charge >= 0.3 is 5.97 Å². The summed E-state index contributed by atoms with van der Waals surface area (Å²) in [5.41, 5.74) is 1.35. The number of carbonyl (C=O) groups excluding carboxylic acids is 1. The molecule has 24 heavy (non-hydrogen) atoms. The van der Waals surface area contributed by atoms with E-state index >= 15 is 0 Å². The number of rotatable bonds is 3. The highest BCUT2D eigenvalue weighted by atomic mass is 19.1. The van der Waals surface area contributed by atoms with Crippen molar-refractivity contribution in [2.45, 2.75) is 25.8 Å². The maximum Gasteiger partial charge on any atom is 0.337 e. The molecule has 1 N–H and O–H groups in total. The van der Waals surface area contributed by atoms with Crippen LogP contribution in [0.5, 0.6) is 0 Å². The van der Waals surface area contributed by atoms with Crippen LogP contribution in [-0.4, -0.2) is 33.4 Å². The summed E-state index contributed by atoms with van der Waals surface area (Å²) in [7, 11) is 0. The SMILES string of the molecule is Cc1nc(C(=O)N2CCCC2c2cccc(F)c2)ccc1C(=O)O. The van der Waals surface area contributed by atoms with Crippen LogP contribution in [0.25, 0.3) is 0 Å². The molecule has 1 atom stereocenters. The zero-order valence-corrected chi connectivity index (χ0v) is 13.2. The van der Waals surface area contributed by atoms with E-state index in [1.807, 2.05) is 6.07 Å². The first kappa shape index (κ1) is 16.1. The van der Waals surface area contributed by atoms with Crippen molar-refractivity contribution in [3.05, 3.63) is 64.7 Å². The molecule has 0 aliphatic carbocycles. The third-order valence-corrected chi connectivity index (χ3v) is 4.28. The Hall–Kier alpha value is -2.76. The number of pyridine rings is 1. The van der Waals surface area contributed by atoms with Gasteiger partial charge in [0.1, 0.15) is 11.5 Å². The molecule has 1 aliphatic heterocycles. The molecular formula is C18H17FN2O3. The van der Waals surface area contributed by atoms with Gasteiger partial charge in [-0.1, -0.05) is 12.1 Å². The van der Waals surface area contributed by atoms with Gasteiger partial charge in [0.25, 0.3) is 5.91 Å². The van der Waals surface area contributed by atoms with Gasteiger partial charge in [-0.15, -0.1) is 0 Å². The van der Waals surface area contributed by atoms with Gasteiger partial charge in [0, 0.05) is 6.54 Å². The van der Waals surface area contributed by atoms with E-state index in [0.717, 1.165) is 18.4 Å². The Bertz CT molecular complexity index is 807. The second-order valence-corrected chi connectivity index (χ2v) is 5.85. The van der Waals surface area contributed by atoms with E-state index < -0.39 is 5.97 Å². The molecule has 0 saturated carbocycles. The molecular weight excluding hydrogens is 311 g/mol. The molecule has 1 aromatic carbocycles. The molecule has 1 amide bonds. The molecule has 2 heterocycles. The first-order valence-corrected chi connectivity index (χ1v) is 7.75. The van der Waals surface area contributed by atoms with Gasteiger partial charge in [-0.25, -0.2) is 14.2 Å². The van der Waals surface area contributed by atoms with Gasteiger partial charge in [0.15, 0.2) is 0 Å². The fraction of sp³-hybridized carbons (Fsp3) is 0.278. The Balaban J connectivity index is 1.89. The highest BCUT2D eigenvalue weighted by Crippen LogP contribution is 2.33. The normalized spacial score (nSPS) is 17.1. The predicted octanol–water partition coefficient (Wildman–Crippen LogP) is 3.20. The van der Waals surface area contributed by atoms with Crippen LogP contribution in [0, 0.1) is 12.7 Å². The lowest BCUT2D eigenvalue weighted by Crippen LogP contribution is -2.31. The first-order chi connectivity index (χ1) is 11.5. The smallest absolute Gasteiger partial charge is 0.337 e. The molecule has 1 saturated heterocycles. The largest absolute Gasteiger partial charge is 0.478 e. The number of hydrogen-bond acceptors (Lipinski definition) is 3. The average molecular weight is 328 g/mol. The number of aromatic carboxylic acids is 1. The van der Waals surface area contributed by atoms with Gasteiger partial charge in [0.2, 0.25) is 0 Å². The maximum absolute atomic E-state index is 13.5.